The van der Waals surface area contributed by atoms with Crippen molar-refractivity contribution in [2.24, 2.45) is 0 Å². The fourth-order valence-electron chi connectivity index (χ4n) is 1.06. The molecule has 2 nitrogen and oxygen atoms in total. The van der Waals surface area contributed by atoms with Crippen LogP contribution in [0.4, 0.5) is 0 Å². The summed E-state index contributed by atoms with van der Waals surface area (Å²) in [5, 5.41) is 11.6. The third-order valence-electron chi connectivity index (χ3n) is 1.79. The summed E-state index contributed by atoms with van der Waals surface area (Å²) in [5.74, 6) is 0. The van der Waals surface area contributed by atoms with Crippen molar-refractivity contribution in [2.45, 2.75) is 6.42 Å². The van der Waals surface area contributed by atoms with Crippen LogP contribution in [0.3, 0.4) is 0 Å². The van der Waals surface area contributed by atoms with Crippen molar-refractivity contribution in [3.8, 4) is 6.07 Å². The van der Waals surface area contributed by atoms with Gasteiger partial charge in [-0.15, -0.1) is 0 Å². The summed E-state index contributed by atoms with van der Waals surface area (Å²) < 4.78 is 0. The summed E-state index contributed by atoms with van der Waals surface area (Å²) in [6, 6.07) is 9.71. The topological polar surface area (TPSA) is 35.8 Å². The molecule has 0 spiro atoms. The molecule has 0 fully saturated rings. The van der Waals surface area contributed by atoms with Crippen LogP contribution in [-0.4, -0.2) is 6.54 Å². The van der Waals surface area contributed by atoms with E-state index in [-0.39, 0.29) is 0 Å². The lowest BCUT2D eigenvalue weighted by atomic mass is 10.1. The third-order valence-corrected chi connectivity index (χ3v) is 1.79. The Hall–Kier alpha value is -1.75. The van der Waals surface area contributed by atoms with Crippen molar-refractivity contribution in [2.75, 3.05) is 6.54 Å². The van der Waals surface area contributed by atoms with Gasteiger partial charge in [0.1, 0.15) is 0 Å². The van der Waals surface area contributed by atoms with Crippen LogP contribution >= 0.6 is 0 Å². The Labute approximate surface area is 78.5 Å². The number of rotatable bonds is 4. The monoisotopic (exact) mass is 172 g/mol. The van der Waals surface area contributed by atoms with E-state index in [0.717, 1.165) is 13.0 Å². The molecule has 0 aromatic heterocycles. The van der Waals surface area contributed by atoms with Gasteiger partial charge in [-0.3, -0.25) is 0 Å². The maximum absolute atomic E-state index is 8.57. The average Bonchev–Trinajstić information content (AvgIpc) is 2.19. The Morgan fingerprint density at radius 3 is 2.62 bits per heavy atom. The van der Waals surface area contributed by atoms with E-state index in [0.29, 0.717) is 5.56 Å². The van der Waals surface area contributed by atoms with Gasteiger partial charge in [0.2, 0.25) is 0 Å². The lowest BCUT2D eigenvalue weighted by Crippen LogP contribution is -2.08. The second kappa shape index (κ2) is 5.00. The highest BCUT2D eigenvalue weighted by atomic mass is 14.8. The maximum Gasteiger partial charge on any atom is 0.0991 e. The summed E-state index contributed by atoms with van der Waals surface area (Å²) in [7, 11) is 0. The smallest absolute Gasteiger partial charge is 0.0991 e. The Kier molecular flexibility index (Phi) is 3.59. The van der Waals surface area contributed by atoms with Gasteiger partial charge >= 0.3 is 0 Å². The molecule has 0 amide bonds. The first-order valence-corrected chi connectivity index (χ1v) is 4.20. The van der Waals surface area contributed by atoms with Crippen LogP contribution in [0.15, 0.2) is 37.0 Å². The van der Waals surface area contributed by atoms with Crippen LogP contribution in [0, 0.1) is 11.3 Å². The molecule has 0 unspecified atom stereocenters. The second-order valence-electron chi connectivity index (χ2n) is 2.72. The van der Waals surface area contributed by atoms with E-state index in [2.05, 4.69) is 18.0 Å². The Morgan fingerprint density at radius 1 is 1.38 bits per heavy atom. The molecular formula is C11H12N2. The standard InChI is InChI=1S/C11H12N2/c1-2-13-8-7-10-3-5-11(9-12)6-4-10/h2-6,13H,1,7-8H2. The van der Waals surface area contributed by atoms with E-state index in [1.807, 2.05) is 24.3 Å². The highest BCUT2D eigenvalue weighted by Crippen LogP contribution is 2.03. The minimum atomic E-state index is 0.709. The van der Waals surface area contributed by atoms with Gasteiger partial charge in [0.25, 0.3) is 0 Å². The quantitative estimate of drug-likeness (QED) is 0.703. The van der Waals surface area contributed by atoms with E-state index in [4.69, 9.17) is 5.26 Å². The summed E-state index contributed by atoms with van der Waals surface area (Å²) >= 11 is 0. The van der Waals surface area contributed by atoms with Gasteiger partial charge in [-0.25, -0.2) is 0 Å². The first-order valence-electron chi connectivity index (χ1n) is 4.20. The van der Waals surface area contributed by atoms with E-state index in [1.165, 1.54) is 5.56 Å². The van der Waals surface area contributed by atoms with Crippen LogP contribution in [-0.2, 0) is 6.42 Å². The van der Waals surface area contributed by atoms with E-state index in [9.17, 15) is 0 Å². The van der Waals surface area contributed by atoms with Gasteiger partial charge in [-0.1, -0.05) is 18.7 Å². The molecule has 0 heterocycles. The fraction of sp³-hybridized carbons (Fsp3) is 0.182. The lowest BCUT2D eigenvalue weighted by molar-refractivity contribution is 0.834. The predicted molar refractivity (Wildman–Crippen MR) is 53.1 cm³/mol. The molecule has 0 saturated heterocycles. The van der Waals surface area contributed by atoms with Gasteiger partial charge in [0.05, 0.1) is 11.6 Å². The van der Waals surface area contributed by atoms with Crippen LogP contribution in [0.2, 0.25) is 0 Å². The third kappa shape index (κ3) is 3.00. The summed E-state index contributed by atoms with van der Waals surface area (Å²) in [4.78, 5) is 0. The molecule has 1 aromatic carbocycles. The molecule has 0 bridgehead atoms. The van der Waals surface area contributed by atoms with Gasteiger partial charge < -0.3 is 5.32 Å². The van der Waals surface area contributed by atoms with Gasteiger partial charge in [0, 0.05) is 6.54 Å². The number of nitrogens with zero attached hydrogens (tertiary/aromatic N) is 1. The zero-order chi connectivity index (χ0) is 9.52. The zero-order valence-corrected chi connectivity index (χ0v) is 7.46. The van der Waals surface area contributed by atoms with Crippen molar-refractivity contribution in [1.82, 2.24) is 5.32 Å². The molecule has 66 valence electrons. The van der Waals surface area contributed by atoms with Crippen LogP contribution < -0.4 is 5.32 Å². The molecule has 0 atom stereocenters. The minimum absolute atomic E-state index is 0.709. The molecule has 0 saturated carbocycles. The Morgan fingerprint density at radius 2 is 2.08 bits per heavy atom. The SMILES string of the molecule is C=CNCCc1ccc(C#N)cc1. The van der Waals surface area contributed by atoms with Crippen LogP contribution in [0.25, 0.3) is 0 Å². The lowest BCUT2D eigenvalue weighted by Gasteiger charge is -2.00. The minimum Gasteiger partial charge on any atom is -0.391 e. The maximum atomic E-state index is 8.57. The van der Waals surface area contributed by atoms with E-state index >= 15 is 0 Å². The summed E-state index contributed by atoms with van der Waals surface area (Å²) in [6.07, 6.45) is 2.64. The van der Waals surface area contributed by atoms with Crippen molar-refractivity contribution in [1.29, 1.82) is 5.26 Å². The van der Waals surface area contributed by atoms with Gasteiger partial charge in [-0.2, -0.15) is 5.26 Å². The molecule has 0 aliphatic rings. The largest absolute Gasteiger partial charge is 0.391 e. The van der Waals surface area contributed by atoms with E-state index < -0.39 is 0 Å². The number of hydrogen-bond donors (Lipinski definition) is 1. The second-order valence-corrected chi connectivity index (χ2v) is 2.72. The normalized spacial score (nSPS) is 8.85. The molecule has 1 N–H and O–H groups in total. The molecule has 1 rings (SSSR count). The number of nitriles is 1. The highest BCUT2D eigenvalue weighted by Gasteiger charge is 1.92. The molecule has 2 heteroatoms. The number of nitrogens with one attached hydrogen (secondary N) is 1. The summed E-state index contributed by atoms with van der Waals surface area (Å²) in [5.41, 5.74) is 1.94. The van der Waals surface area contributed by atoms with Gasteiger partial charge in [-0.05, 0) is 30.3 Å². The van der Waals surface area contributed by atoms with Crippen molar-refractivity contribution in [3.63, 3.8) is 0 Å². The van der Waals surface area contributed by atoms with Crippen LogP contribution in [0.5, 0.6) is 0 Å². The van der Waals surface area contributed by atoms with Crippen molar-refractivity contribution in [3.05, 3.63) is 48.2 Å². The molecule has 1 aromatic rings. The fourth-order valence-corrected chi connectivity index (χ4v) is 1.06. The molecule has 0 radical (unpaired) electrons. The summed E-state index contributed by atoms with van der Waals surface area (Å²) in [6.45, 7) is 4.45. The Balaban J connectivity index is 2.50. The van der Waals surface area contributed by atoms with Crippen molar-refractivity contribution >= 4 is 0 Å². The molecular weight excluding hydrogens is 160 g/mol. The van der Waals surface area contributed by atoms with Gasteiger partial charge in [0.15, 0.2) is 0 Å². The molecule has 13 heavy (non-hydrogen) atoms. The number of hydrogen-bond acceptors (Lipinski definition) is 2. The average molecular weight is 172 g/mol. The number of benzene rings is 1. The first kappa shape index (κ1) is 9.34. The van der Waals surface area contributed by atoms with E-state index in [1.54, 1.807) is 6.20 Å². The highest BCUT2D eigenvalue weighted by molar-refractivity contribution is 5.31. The first-order chi connectivity index (χ1) is 6.36. The molecule has 0 aliphatic carbocycles. The van der Waals surface area contributed by atoms with Crippen molar-refractivity contribution < 1.29 is 0 Å². The predicted octanol–water partition coefficient (Wildman–Crippen LogP) is 1.83. The van der Waals surface area contributed by atoms with Crippen LogP contribution in [0.1, 0.15) is 11.1 Å². The molecule has 0 aliphatic heterocycles. The zero-order valence-electron chi connectivity index (χ0n) is 7.46. The Bertz CT molecular complexity index is 306.